The molecular formula is C18H28. The van der Waals surface area contributed by atoms with Crippen LogP contribution < -0.4 is 0 Å². The predicted molar refractivity (Wildman–Crippen MR) is 85.7 cm³/mol. The molecule has 0 heterocycles. The molecule has 0 spiro atoms. The van der Waals surface area contributed by atoms with Gasteiger partial charge >= 0.3 is 0 Å². The van der Waals surface area contributed by atoms with Gasteiger partial charge in [-0.05, 0) is 43.5 Å². The van der Waals surface area contributed by atoms with Crippen LogP contribution in [0.4, 0.5) is 0 Å². The number of unbranched alkanes of at least 4 members (excludes halogenated alkanes) is 2. The minimum absolute atomic E-state index is 1.12. The summed E-state index contributed by atoms with van der Waals surface area (Å²) in [5, 5.41) is 0. The molecule has 0 fully saturated rings. The summed E-state index contributed by atoms with van der Waals surface area (Å²) in [6.45, 7) is 14.6. The summed E-state index contributed by atoms with van der Waals surface area (Å²) in [6, 6.07) is 8.47. The largest absolute Gasteiger partial charge is 0.0955 e. The van der Waals surface area contributed by atoms with E-state index < -0.39 is 0 Å². The van der Waals surface area contributed by atoms with Crippen LogP contribution >= 0.6 is 0 Å². The molecule has 0 saturated heterocycles. The van der Waals surface area contributed by atoms with E-state index in [1.807, 2.05) is 6.92 Å². The van der Waals surface area contributed by atoms with Crippen molar-refractivity contribution in [1.29, 1.82) is 0 Å². The smallest absolute Gasteiger partial charge is 0.0225 e. The van der Waals surface area contributed by atoms with Crippen LogP contribution in [0.15, 0.2) is 36.9 Å². The van der Waals surface area contributed by atoms with E-state index in [0.29, 0.717) is 0 Å². The van der Waals surface area contributed by atoms with Gasteiger partial charge in [0.2, 0.25) is 0 Å². The molecule has 0 unspecified atom stereocenters. The number of allylic oxidation sites excluding steroid dienone is 3. The Morgan fingerprint density at radius 1 is 1.11 bits per heavy atom. The van der Waals surface area contributed by atoms with Gasteiger partial charge in [-0.2, -0.15) is 0 Å². The fraction of sp³-hybridized carbons (Fsp3) is 0.444. The first-order valence-electron chi connectivity index (χ1n) is 6.96. The van der Waals surface area contributed by atoms with Crippen molar-refractivity contribution in [2.75, 3.05) is 0 Å². The molecule has 0 N–H and O–H groups in total. The molecule has 1 rings (SSSR count). The van der Waals surface area contributed by atoms with E-state index in [9.17, 15) is 0 Å². The van der Waals surface area contributed by atoms with Gasteiger partial charge in [-0.3, -0.25) is 0 Å². The monoisotopic (exact) mass is 244 g/mol. The normalized spacial score (nSPS) is 10.6. The van der Waals surface area contributed by atoms with Crippen LogP contribution in [0.3, 0.4) is 0 Å². The Balaban J connectivity index is 0.000000494. The zero-order chi connectivity index (χ0) is 14.0. The average molecular weight is 244 g/mol. The fourth-order valence-corrected chi connectivity index (χ4v) is 1.55. The Morgan fingerprint density at radius 2 is 1.67 bits per heavy atom. The van der Waals surface area contributed by atoms with Crippen molar-refractivity contribution >= 4 is 11.1 Å². The minimum atomic E-state index is 1.12. The summed E-state index contributed by atoms with van der Waals surface area (Å²) in [5.41, 5.74) is 4.93. The predicted octanol–water partition coefficient (Wildman–Crippen LogP) is 6.34. The van der Waals surface area contributed by atoms with Crippen LogP contribution in [0, 0.1) is 0 Å². The Kier molecular flexibility index (Phi) is 9.00. The van der Waals surface area contributed by atoms with E-state index >= 15 is 0 Å². The van der Waals surface area contributed by atoms with Crippen molar-refractivity contribution in [2.24, 2.45) is 0 Å². The van der Waals surface area contributed by atoms with Gasteiger partial charge in [0.25, 0.3) is 0 Å². The maximum Gasteiger partial charge on any atom is -0.0225 e. The van der Waals surface area contributed by atoms with Gasteiger partial charge in [0, 0.05) is 0 Å². The van der Waals surface area contributed by atoms with E-state index in [1.165, 1.54) is 36.0 Å². The molecule has 0 aliphatic rings. The van der Waals surface area contributed by atoms with E-state index in [1.54, 1.807) is 0 Å². The van der Waals surface area contributed by atoms with Crippen molar-refractivity contribution in [3.05, 3.63) is 48.0 Å². The lowest BCUT2D eigenvalue weighted by atomic mass is 10.0. The number of hydrogen-bond acceptors (Lipinski definition) is 0. The summed E-state index contributed by atoms with van der Waals surface area (Å²) >= 11 is 0. The standard InChI is InChI=1S/C13H16.C5H12/c1-5-11(4)13-8-6-7-12(9-13)10(2)3;1-3-5-4-2/h5-9H,2H2,1,3-4H3;3-5H2,1-2H3/b11-5+;. The number of rotatable bonds is 4. The molecule has 0 atom stereocenters. The van der Waals surface area contributed by atoms with Crippen LogP contribution in [0.25, 0.3) is 11.1 Å². The molecule has 0 aliphatic carbocycles. The molecule has 0 aromatic heterocycles. The third-order valence-electron chi connectivity index (χ3n) is 2.95. The van der Waals surface area contributed by atoms with Crippen LogP contribution in [-0.4, -0.2) is 0 Å². The molecule has 0 saturated carbocycles. The van der Waals surface area contributed by atoms with Crippen molar-refractivity contribution in [1.82, 2.24) is 0 Å². The van der Waals surface area contributed by atoms with Gasteiger partial charge in [0.15, 0.2) is 0 Å². The van der Waals surface area contributed by atoms with Crippen molar-refractivity contribution in [2.45, 2.75) is 53.9 Å². The first-order valence-corrected chi connectivity index (χ1v) is 6.96. The number of hydrogen-bond donors (Lipinski definition) is 0. The second kappa shape index (κ2) is 9.70. The minimum Gasteiger partial charge on any atom is -0.0955 e. The zero-order valence-electron chi connectivity index (χ0n) is 12.7. The molecule has 0 bridgehead atoms. The summed E-state index contributed by atoms with van der Waals surface area (Å²) in [4.78, 5) is 0. The molecule has 0 amide bonds. The molecule has 0 nitrogen and oxygen atoms in total. The third-order valence-corrected chi connectivity index (χ3v) is 2.95. The SMILES string of the molecule is C=C(C)c1cccc(/C(C)=C/C)c1.CCCCC. The second-order valence-electron chi connectivity index (χ2n) is 4.69. The zero-order valence-corrected chi connectivity index (χ0v) is 12.7. The van der Waals surface area contributed by atoms with Gasteiger partial charge in [0.05, 0.1) is 0 Å². The van der Waals surface area contributed by atoms with Crippen molar-refractivity contribution in [3.63, 3.8) is 0 Å². The van der Waals surface area contributed by atoms with Crippen molar-refractivity contribution in [3.8, 4) is 0 Å². The topological polar surface area (TPSA) is 0 Å². The highest BCUT2D eigenvalue weighted by molar-refractivity contribution is 5.69. The Labute approximate surface area is 113 Å². The van der Waals surface area contributed by atoms with Crippen LogP contribution in [0.5, 0.6) is 0 Å². The first-order chi connectivity index (χ1) is 8.56. The molecule has 1 aromatic carbocycles. The van der Waals surface area contributed by atoms with Crippen LogP contribution in [0.1, 0.15) is 65.0 Å². The maximum absolute atomic E-state index is 3.93. The highest BCUT2D eigenvalue weighted by Crippen LogP contribution is 2.18. The van der Waals surface area contributed by atoms with Gasteiger partial charge in [-0.25, -0.2) is 0 Å². The summed E-state index contributed by atoms with van der Waals surface area (Å²) < 4.78 is 0. The molecule has 0 aliphatic heterocycles. The van der Waals surface area contributed by atoms with E-state index in [2.05, 4.69) is 64.6 Å². The van der Waals surface area contributed by atoms with E-state index in [-0.39, 0.29) is 0 Å². The van der Waals surface area contributed by atoms with E-state index in [0.717, 1.165) is 5.57 Å². The highest BCUT2D eigenvalue weighted by atomic mass is 14.0. The first kappa shape index (κ1) is 16.7. The van der Waals surface area contributed by atoms with Crippen LogP contribution in [-0.2, 0) is 0 Å². The quantitative estimate of drug-likeness (QED) is 0.579. The third kappa shape index (κ3) is 6.44. The van der Waals surface area contributed by atoms with Gasteiger partial charge in [-0.15, -0.1) is 0 Å². The Hall–Kier alpha value is -1.30. The molecule has 18 heavy (non-hydrogen) atoms. The molecule has 0 radical (unpaired) electrons. The molecule has 100 valence electrons. The lowest BCUT2D eigenvalue weighted by Crippen LogP contribution is -1.82. The summed E-state index contributed by atoms with van der Waals surface area (Å²) in [5.74, 6) is 0. The maximum atomic E-state index is 3.93. The fourth-order valence-electron chi connectivity index (χ4n) is 1.55. The van der Waals surface area contributed by atoms with Crippen LogP contribution in [0.2, 0.25) is 0 Å². The summed E-state index contributed by atoms with van der Waals surface area (Å²) in [6.07, 6.45) is 6.20. The van der Waals surface area contributed by atoms with Gasteiger partial charge in [0.1, 0.15) is 0 Å². The lowest BCUT2D eigenvalue weighted by Gasteiger charge is -2.04. The Bertz CT molecular complexity index is 381. The highest BCUT2D eigenvalue weighted by Gasteiger charge is 1.96. The average Bonchev–Trinajstić information content (AvgIpc) is 2.39. The second-order valence-corrected chi connectivity index (χ2v) is 4.69. The molecule has 0 heteroatoms. The van der Waals surface area contributed by atoms with E-state index in [4.69, 9.17) is 0 Å². The lowest BCUT2D eigenvalue weighted by molar-refractivity contribution is 0.772. The van der Waals surface area contributed by atoms with Crippen molar-refractivity contribution < 1.29 is 0 Å². The Morgan fingerprint density at radius 3 is 2.06 bits per heavy atom. The summed E-state index contributed by atoms with van der Waals surface area (Å²) in [7, 11) is 0. The van der Waals surface area contributed by atoms with Gasteiger partial charge < -0.3 is 0 Å². The molecule has 1 aromatic rings. The molecular weight excluding hydrogens is 216 g/mol. The van der Waals surface area contributed by atoms with Gasteiger partial charge in [-0.1, -0.05) is 69.5 Å². The number of benzene rings is 1.